The third-order valence-electron chi connectivity index (χ3n) is 3.12. The van der Waals surface area contributed by atoms with E-state index in [1.54, 1.807) is 17.2 Å². The summed E-state index contributed by atoms with van der Waals surface area (Å²) in [5.74, 6) is 0.223. The lowest BCUT2D eigenvalue weighted by Gasteiger charge is -2.21. The largest absolute Gasteiger partial charge is 0.481 e. The van der Waals surface area contributed by atoms with Gasteiger partial charge < -0.3 is 14.4 Å². The maximum Gasteiger partial charge on any atom is 0.296 e. The van der Waals surface area contributed by atoms with E-state index in [2.05, 4.69) is 15.0 Å². The van der Waals surface area contributed by atoms with Crippen LogP contribution in [-0.2, 0) is 0 Å². The van der Waals surface area contributed by atoms with Crippen LogP contribution in [0.5, 0.6) is 11.8 Å². The van der Waals surface area contributed by atoms with E-state index in [-0.39, 0.29) is 23.5 Å². The van der Waals surface area contributed by atoms with Crippen molar-refractivity contribution in [2.24, 2.45) is 0 Å². The summed E-state index contributed by atoms with van der Waals surface area (Å²) in [6, 6.07) is 5.13. The molecule has 7 nitrogen and oxygen atoms in total. The van der Waals surface area contributed by atoms with Gasteiger partial charge in [-0.15, -0.1) is 0 Å². The lowest BCUT2D eigenvalue weighted by Crippen LogP contribution is -2.33. The van der Waals surface area contributed by atoms with Crippen LogP contribution in [0.3, 0.4) is 0 Å². The number of methoxy groups -OCH3 is 2. The number of carbonyl (C=O) groups is 1. The highest BCUT2D eigenvalue weighted by Crippen LogP contribution is 2.21. The average Bonchev–Trinajstić information content (AvgIpc) is 2.56. The summed E-state index contributed by atoms with van der Waals surface area (Å²) in [5.41, 5.74) is 1.48. The third-order valence-corrected chi connectivity index (χ3v) is 3.12. The molecule has 0 saturated carbocycles. The lowest BCUT2D eigenvalue weighted by molar-refractivity contribution is 0.0976. The molecule has 0 bridgehead atoms. The Balaban J connectivity index is 2.43. The maximum atomic E-state index is 12.7. The number of carbonyl (C=O) groups excluding carboxylic acids is 1. The molecule has 2 aromatic heterocycles. The number of hydrogen-bond donors (Lipinski definition) is 0. The molecule has 0 atom stereocenters. The first-order valence-electron chi connectivity index (χ1n) is 6.81. The molecule has 0 aromatic carbocycles. The second-order valence-corrected chi connectivity index (χ2v) is 4.43. The molecule has 0 unspecified atom stereocenters. The molecule has 0 saturated heterocycles. The molecule has 0 fully saturated rings. The summed E-state index contributed by atoms with van der Waals surface area (Å²) in [5, 5.41) is 0. The number of rotatable bonds is 5. The van der Waals surface area contributed by atoms with Crippen LogP contribution < -0.4 is 14.4 Å². The van der Waals surface area contributed by atoms with Gasteiger partial charge in [0.25, 0.3) is 5.91 Å². The van der Waals surface area contributed by atoms with Gasteiger partial charge in [-0.1, -0.05) is 0 Å². The molecule has 2 aromatic rings. The van der Waals surface area contributed by atoms with Crippen LogP contribution in [0.25, 0.3) is 0 Å². The fourth-order valence-electron chi connectivity index (χ4n) is 2.01. The standard InChI is InChI=1S/C15H18N4O3/c1-5-19(11-7-6-8-16-10(11)2)15(20)14-17-12(21-3)9-13(18-14)22-4/h6-9H,5H2,1-4H3. The predicted octanol–water partition coefficient (Wildman–Crippen LogP) is 1.86. The molecule has 1 amide bonds. The van der Waals surface area contributed by atoms with Gasteiger partial charge in [0.1, 0.15) is 0 Å². The topological polar surface area (TPSA) is 77.4 Å². The van der Waals surface area contributed by atoms with Crippen molar-refractivity contribution in [1.82, 2.24) is 15.0 Å². The Morgan fingerprint density at radius 3 is 2.36 bits per heavy atom. The predicted molar refractivity (Wildman–Crippen MR) is 81.5 cm³/mol. The van der Waals surface area contributed by atoms with E-state index in [9.17, 15) is 4.79 Å². The Morgan fingerprint density at radius 1 is 1.23 bits per heavy atom. The number of aromatic nitrogens is 3. The van der Waals surface area contributed by atoms with E-state index in [4.69, 9.17) is 9.47 Å². The molecule has 0 radical (unpaired) electrons. The molecule has 116 valence electrons. The SMILES string of the molecule is CCN(C(=O)c1nc(OC)cc(OC)n1)c1cccnc1C. The average molecular weight is 302 g/mol. The van der Waals surface area contributed by atoms with Crippen molar-refractivity contribution in [2.75, 3.05) is 25.7 Å². The lowest BCUT2D eigenvalue weighted by atomic mass is 10.2. The van der Waals surface area contributed by atoms with Crippen LogP contribution in [-0.4, -0.2) is 41.6 Å². The molecule has 2 rings (SSSR count). The van der Waals surface area contributed by atoms with Crippen molar-refractivity contribution in [3.05, 3.63) is 35.9 Å². The van der Waals surface area contributed by atoms with Crippen molar-refractivity contribution in [3.8, 4) is 11.8 Å². The molecular formula is C15H18N4O3. The van der Waals surface area contributed by atoms with E-state index >= 15 is 0 Å². The molecular weight excluding hydrogens is 284 g/mol. The number of anilines is 1. The first kappa shape index (κ1) is 15.7. The van der Waals surface area contributed by atoms with Crippen molar-refractivity contribution < 1.29 is 14.3 Å². The summed E-state index contributed by atoms with van der Waals surface area (Å²) in [6.07, 6.45) is 1.68. The number of ether oxygens (including phenoxy) is 2. The number of hydrogen-bond acceptors (Lipinski definition) is 6. The van der Waals surface area contributed by atoms with Crippen LogP contribution in [0.15, 0.2) is 24.4 Å². The smallest absolute Gasteiger partial charge is 0.296 e. The molecule has 7 heteroatoms. The van der Waals surface area contributed by atoms with E-state index < -0.39 is 0 Å². The number of amides is 1. The van der Waals surface area contributed by atoms with Crippen molar-refractivity contribution >= 4 is 11.6 Å². The summed E-state index contributed by atoms with van der Waals surface area (Å²) >= 11 is 0. The fourth-order valence-corrected chi connectivity index (χ4v) is 2.01. The van der Waals surface area contributed by atoms with E-state index in [1.807, 2.05) is 19.9 Å². The summed E-state index contributed by atoms with van der Waals surface area (Å²) in [7, 11) is 2.94. The normalized spacial score (nSPS) is 10.2. The van der Waals surface area contributed by atoms with E-state index in [0.29, 0.717) is 6.54 Å². The fraction of sp³-hybridized carbons (Fsp3) is 0.333. The summed E-state index contributed by atoms with van der Waals surface area (Å²) in [6.45, 7) is 4.19. The Kier molecular flexibility index (Phi) is 4.88. The summed E-state index contributed by atoms with van der Waals surface area (Å²) in [4.78, 5) is 26.7. The van der Waals surface area contributed by atoms with Crippen molar-refractivity contribution in [1.29, 1.82) is 0 Å². The number of pyridine rings is 1. The van der Waals surface area contributed by atoms with Crippen molar-refractivity contribution in [2.45, 2.75) is 13.8 Å². The zero-order valence-electron chi connectivity index (χ0n) is 13.0. The first-order chi connectivity index (χ1) is 10.6. The molecule has 0 aliphatic heterocycles. The second-order valence-electron chi connectivity index (χ2n) is 4.43. The van der Waals surface area contributed by atoms with E-state index in [0.717, 1.165) is 11.4 Å². The maximum absolute atomic E-state index is 12.7. The van der Waals surface area contributed by atoms with Crippen LogP contribution in [0.1, 0.15) is 23.2 Å². The monoisotopic (exact) mass is 302 g/mol. The highest BCUT2D eigenvalue weighted by Gasteiger charge is 2.22. The van der Waals surface area contributed by atoms with Gasteiger partial charge in [0.05, 0.1) is 31.7 Å². The minimum atomic E-state index is -0.337. The van der Waals surface area contributed by atoms with Gasteiger partial charge in [-0.3, -0.25) is 9.78 Å². The zero-order valence-corrected chi connectivity index (χ0v) is 13.0. The van der Waals surface area contributed by atoms with Crippen LogP contribution in [0.2, 0.25) is 0 Å². The van der Waals surface area contributed by atoms with E-state index in [1.165, 1.54) is 20.3 Å². The van der Waals surface area contributed by atoms with Gasteiger partial charge in [-0.25, -0.2) is 0 Å². The van der Waals surface area contributed by atoms with Crippen molar-refractivity contribution in [3.63, 3.8) is 0 Å². The van der Waals surface area contributed by atoms with Crippen LogP contribution in [0.4, 0.5) is 5.69 Å². The first-order valence-corrected chi connectivity index (χ1v) is 6.81. The van der Waals surface area contributed by atoms with Gasteiger partial charge >= 0.3 is 0 Å². The van der Waals surface area contributed by atoms with Gasteiger partial charge in [-0.2, -0.15) is 9.97 Å². The highest BCUT2D eigenvalue weighted by atomic mass is 16.5. The minimum absolute atomic E-state index is 0.0151. The quantitative estimate of drug-likeness (QED) is 0.839. The van der Waals surface area contributed by atoms with Gasteiger partial charge in [-0.05, 0) is 26.0 Å². The third kappa shape index (κ3) is 3.13. The van der Waals surface area contributed by atoms with Crippen LogP contribution in [0, 0.1) is 6.92 Å². The number of nitrogens with zero attached hydrogens (tertiary/aromatic N) is 4. The Labute approximate surface area is 128 Å². The second kappa shape index (κ2) is 6.84. The van der Waals surface area contributed by atoms with Gasteiger partial charge in [0.2, 0.25) is 17.6 Å². The molecule has 0 N–H and O–H groups in total. The Bertz CT molecular complexity index is 653. The molecule has 22 heavy (non-hydrogen) atoms. The number of aryl methyl sites for hydroxylation is 1. The highest BCUT2D eigenvalue weighted by molar-refractivity contribution is 6.03. The van der Waals surface area contributed by atoms with Gasteiger partial charge in [0.15, 0.2) is 0 Å². The Morgan fingerprint density at radius 2 is 1.86 bits per heavy atom. The molecule has 2 heterocycles. The van der Waals surface area contributed by atoms with Gasteiger partial charge in [0, 0.05) is 12.7 Å². The molecule has 0 aliphatic rings. The van der Waals surface area contributed by atoms with Crippen LogP contribution >= 0.6 is 0 Å². The zero-order chi connectivity index (χ0) is 16.1. The molecule has 0 aliphatic carbocycles. The molecule has 0 spiro atoms. The Hall–Kier alpha value is -2.70. The minimum Gasteiger partial charge on any atom is -0.481 e. The summed E-state index contributed by atoms with van der Waals surface area (Å²) < 4.78 is 10.2.